The summed E-state index contributed by atoms with van der Waals surface area (Å²) in [6.45, 7) is 3.55. The standard InChI is InChI=1S/C17H17N3O4/c1-17(2)16(21)15(23-14-7-6-13(22-3)19-20-14)11-8-10(9-18)4-5-12(11)24-17/h4-8,15-16,21H,1-3H3. The number of methoxy groups -OCH3 is 1. The quantitative estimate of drug-likeness (QED) is 0.920. The zero-order chi connectivity index (χ0) is 17.3. The molecule has 2 aromatic rings. The molecule has 1 aromatic heterocycles. The topological polar surface area (TPSA) is 97.5 Å². The SMILES string of the molecule is COc1ccc(OC2c3cc(C#N)ccc3OC(C)(C)C2O)nn1. The van der Waals surface area contributed by atoms with Crippen molar-refractivity contribution >= 4 is 0 Å². The van der Waals surface area contributed by atoms with Gasteiger partial charge in [0.15, 0.2) is 6.10 Å². The van der Waals surface area contributed by atoms with Crippen LogP contribution in [0.4, 0.5) is 0 Å². The number of benzene rings is 1. The second kappa shape index (κ2) is 5.98. The van der Waals surface area contributed by atoms with Crippen LogP contribution in [0.3, 0.4) is 0 Å². The molecule has 0 spiro atoms. The van der Waals surface area contributed by atoms with Crippen LogP contribution in [0.15, 0.2) is 30.3 Å². The van der Waals surface area contributed by atoms with E-state index < -0.39 is 17.8 Å². The van der Waals surface area contributed by atoms with Crippen molar-refractivity contribution in [2.24, 2.45) is 0 Å². The van der Waals surface area contributed by atoms with E-state index in [1.807, 2.05) is 0 Å². The molecule has 1 aliphatic rings. The molecule has 0 saturated carbocycles. The largest absolute Gasteiger partial charge is 0.485 e. The second-order valence-electron chi connectivity index (χ2n) is 5.97. The molecule has 124 valence electrons. The molecule has 2 heterocycles. The van der Waals surface area contributed by atoms with Crippen molar-refractivity contribution < 1.29 is 19.3 Å². The summed E-state index contributed by atoms with van der Waals surface area (Å²) in [4.78, 5) is 0. The summed E-state index contributed by atoms with van der Waals surface area (Å²) >= 11 is 0. The number of aliphatic hydroxyl groups excluding tert-OH is 1. The summed E-state index contributed by atoms with van der Waals surface area (Å²) in [5.41, 5.74) is 0.197. The van der Waals surface area contributed by atoms with Gasteiger partial charge in [0.2, 0.25) is 11.8 Å². The molecule has 0 aliphatic carbocycles. The minimum absolute atomic E-state index is 0.242. The zero-order valence-corrected chi connectivity index (χ0v) is 13.6. The second-order valence-corrected chi connectivity index (χ2v) is 5.97. The Kier molecular flexibility index (Phi) is 3.99. The Labute approximate surface area is 139 Å². The third-order valence-electron chi connectivity index (χ3n) is 3.89. The van der Waals surface area contributed by atoms with E-state index in [-0.39, 0.29) is 5.88 Å². The number of ether oxygens (including phenoxy) is 3. The predicted molar refractivity (Wildman–Crippen MR) is 83.8 cm³/mol. The first-order valence-corrected chi connectivity index (χ1v) is 7.40. The smallest absolute Gasteiger partial charge is 0.234 e. The van der Waals surface area contributed by atoms with Crippen molar-refractivity contribution in [1.82, 2.24) is 10.2 Å². The van der Waals surface area contributed by atoms with Crippen LogP contribution < -0.4 is 14.2 Å². The summed E-state index contributed by atoms with van der Waals surface area (Å²) < 4.78 is 16.7. The van der Waals surface area contributed by atoms with Gasteiger partial charge in [-0.1, -0.05) is 0 Å². The molecule has 2 unspecified atom stereocenters. The highest BCUT2D eigenvalue weighted by molar-refractivity contribution is 5.46. The molecular formula is C17H17N3O4. The van der Waals surface area contributed by atoms with Gasteiger partial charge in [-0.25, -0.2) is 0 Å². The molecule has 24 heavy (non-hydrogen) atoms. The molecule has 0 radical (unpaired) electrons. The summed E-state index contributed by atoms with van der Waals surface area (Å²) in [7, 11) is 1.49. The first-order chi connectivity index (χ1) is 11.4. The Hall–Kier alpha value is -2.85. The molecule has 1 N–H and O–H groups in total. The van der Waals surface area contributed by atoms with Crippen molar-refractivity contribution in [2.45, 2.75) is 31.7 Å². The maximum atomic E-state index is 10.7. The van der Waals surface area contributed by atoms with Gasteiger partial charge in [-0.2, -0.15) is 5.26 Å². The molecule has 0 amide bonds. The van der Waals surface area contributed by atoms with Gasteiger partial charge < -0.3 is 19.3 Å². The minimum Gasteiger partial charge on any atom is -0.485 e. The van der Waals surface area contributed by atoms with Gasteiger partial charge >= 0.3 is 0 Å². The number of rotatable bonds is 3. The van der Waals surface area contributed by atoms with Crippen LogP contribution in [0.5, 0.6) is 17.5 Å². The van der Waals surface area contributed by atoms with Gasteiger partial charge in [-0.05, 0) is 32.0 Å². The Morgan fingerprint density at radius 3 is 2.54 bits per heavy atom. The maximum absolute atomic E-state index is 10.7. The van der Waals surface area contributed by atoms with E-state index in [0.29, 0.717) is 22.8 Å². The van der Waals surface area contributed by atoms with Crippen LogP contribution in [0.25, 0.3) is 0 Å². The first kappa shape index (κ1) is 16.0. The van der Waals surface area contributed by atoms with Crippen LogP contribution in [-0.2, 0) is 0 Å². The Morgan fingerprint density at radius 2 is 1.92 bits per heavy atom. The summed E-state index contributed by atoms with van der Waals surface area (Å²) in [5, 5.41) is 27.6. The Balaban J connectivity index is 1.99. The molecule has 1 aliphatic heterocycles. The summed E-state index contributed by atoms with van der Waals surface area (Å²) in [5.74, 6) is 1.17. The van der Waals surface area contributed by atoms with Gasteiger partial charge in [0, 0.05) is 17.7 Å². The number of aliphatic hydroxyl groups is 1. The molecule has 0 bridgehead atoms. The van der Waals surface area contributed by atoms with E-state index in [1.165, 1.54) is 7.11 Å². The zero-order valence-electron chi connectivity index (χ0n) is 13.6. The average molecular weight is 327 g/mol. The molecule has 2 atom stereocenters. The average Bonchev–Trinajstić information content (AvgIpc) is 2.59. The van der Waals surface area contributed by atoms with Crippen molar-refractivity contribution in [3.63, 3.8) is 0 Å². The lowest BCUT2D eigenvalue weighted by Gasteiger charge is -2.41. The third-order valence-corrected chi connectivity index (χ3v) is 3.89. The lowest BCUT2D eigenvalue weighted by atomic mass is 9.88. The van der Waals surface area contributed by atoms with Crippen LogP contribution in [0, 0.1) is 11.3 Å². The van der Waals surface area contributed by atoms with Gasteiger partial charge in [-0.3, -0.25) is 0 Å². The highest BCUT2D eigenvalue weighted by Gasteiger charge is 2.44. The van der Waals surface area contributed by atoms with E-state index in [4.69, 9.17) is 19.5 Å². The normalized spacial score (nSPS) is 21.1. The fourth-order valence-corrected chi connectivity index (χ4v) is 2.55. The third kappa shape index (κ3) is 2.84. The molecule has 7 heteroatoms. The lowest BCUT2D eigenvalue weighted by molar-refractivity contribution is -0.104. The molecule has 1 aromatic carbocycles. The van der Waals surface area contributed by atoms with E-state index in [0.717, 1.165) is 0 Å². The Bertz CT molecular complexity index is 783. The number of fused-ring (bicyclic) bond motifs is 1. The van der Waals surface area contributed by atoms with Crippen molar-refractivity contribution in [3.8, 4) is 23.6 Å². The molecule has 3 rings (SSSR count). The van der Waals surface area contributed by atoms with Gasteiger partial charge in [0.1, 0.15) is 17.5 Å². The van der Waals surface area contributed by atoms with Crippen molar-refractivity contribution in [1.29, 1.82) is 5.26 Å². The van der Waals surface area contributed by atoms with Gasteiger partial charge in [0.05, 0.1) is 18.7 Å². The molecule has 0 saturated heterocycles. The fraction of sp³-hybridized carbons (Fsp3) is 0.353. The number of nitrogens with zero attached hydrogens (tertiary/aromatic N) is 3. The first-order valence-electron chi connectivity index (χ1n) is 7.40. The lowest BCUT2D eigenvalue weighted by Crippen LogP contribution is -2.50. The van der Waals surface area contributed by atoms with Gasteiger partial charge in [-0.15, -0.1) is 10.2 Å². The molecular weight excluding hydrogens is 310 g/mol. The summed E-state index contributed by atoms with van der Waals surface area (Å²) in [6.07, 6.45) is -1.69. The highest BCUT2D eigenvalue weighted by atomic mass is 16.5. The van der Waals surface area contributed by atoms with E-state index >= 15 is 0 Å². The van der Waals surface area contributed by atoms with E-state index in [9.17, 15) is 5.11 Å². The Morgan fingerprint density at radius 1 is 1.21 bits per heavy atom. The minimum atomic E-state index is -0.956. The molecule has 7 nitrogen and oxygen atoms in total. The van der Waals surface area contributed by atoms with Crippen LogP contribution in [0.2, 0.25) is 0 Å². The number of hydrogen-bond acceptors (Lipinski definition) is 7. The van der Waals surface area contributed by atoms with E-state index in [1.54, 1.807) is 44.2 Å². The van der Waals surface area contributed by atoms with Crippen LogP contribution in [-0.4, -0.2) is 34.1 Å². The van der Waals surface area contributed by atoms with E-state index in [2.05, 4.69) is 16.3 Å². The van der Waals surface area contributed by atoms with Gasteiger partial charge in [0.25, 0.3) is 0 Å². The predicted octanol–water partition coefficient (Wildman–Crippen LogP) is 2.01. The van der Waals surface area contributed by atoms with Crippen molar-refractivity contribution in [3.05, 3.63) is 41.5 Å². The number of nitriles is 1. The summed E-state index contributed by atoms with van der Waals surface area (Å²) in [6, 6.07) is 10.3. The number of aromatic nitrogens is 2. The van der Waals surface area contributed by atoms with Crippen LogP contribution >= 0.6 is 0 Å². The van der Waals surface area contributed by atoms with Crippen LogP contribution in [0.1, 0.15) is 31.1 Å². The fourth-order valence-electron chi connectivity index (χ4n) is 2.55. The maximum Gasteiger partial charge on any atom is 0.234 e. The number of hydrogen-bond donors (Lipinski definition) is 1. The monoisotopic (exact) mass is 327 g/mol. The highest BCUT2D eigenvalue weighted by Crippen LogP contribution is 2.42. The molecule has 0 fully saturated rings. The van der Waals surface area contributed by atoms with Crippen molar-refractivity contribution in [2.75, 3.05) is 7.11 Å².